The second kappa shape index (κ2) is 4.25. The molecule has 1 heterocycles. The molecule has 0 amide bonds. The lowest BCUT2D eigenvalue weighted by atomic mass is 10.3. The van der Waals surface area contributed by atoms with Crippen LogP contribution in [0.15, 0.2) is 17.5 Å². The zero-order chi connectivity index (χ0) is 9.84. The van der Waals surface area contributed by atoms with Gasteiger partial charge in [-0.25, -0.2) is 0 Å². The highest BCUT2D eigenvalue weighted by molar-refractivity contribution is 7.14. The Morgan fingerprint density at radius 1 is 1.85 bits per heavy atom. The molecule has 0 aliphatic carbocycles. The lowest BCUT2D eigenvalue weighted by Gasteiger charge is -2.18. The number of carboxylic acid groups (broad SMARTS) is 1. The van der Waals surface area contributed by atoms with Crippen LogP contribution in [-0.2, 0) is 4.79 Å². The van der Waals surface area contributed by atoms with E-state index in [0.717, 1.165) is 5.00 Å². The van der Waals surface area contributed by atoms with Gasteiger partial charge in [-0.3, -0.25) is 4.79 Å². The van der Waals surface area contributed by atoms with Gasteiger partial charge in [0.1, 0.15) is 6.04 Å². The van der Waals surface area contributed by atoms with Gasteiger partial charge in [-0.2, -0.15) is 0 Å². The van der Waals surface area contributed by atoms with Gasteiger partial charge >= 0.3 is 5.97 Å². The van der Waals surface area contributed by atoms with Gasteiger partial charge in [0.2, 0.25) is 0 Å². The van der Waals surface area contributed by atoms with Crippen molar-refractivity contribution in [2.45, 2.75) is 6.04 Å². The number of anilines is 1. The number of aliphatic carboxylic acids is 1. The first-order chi connectivity index (χ1) is 6.11. The van der Waals surface area contributed by atoms with E-state index >= 15 is 0 Å². The van der Waals surface area contributed by atoms with E-state index < -0.39 is 12.0 Å². The van der Waals surface area contributed by atoms with Gasteiger partial charge in [0.05, 0.1) is 5.00 Å². The average molecular weight is 200 g/mol. The summed E-state index contributed by atoms with van der Waals surface area (Å²) in [4.78, 5) is 12.3. The molecule has 0 aromatic carbocycles. The SMILES string of the molecule is CN(CC(N)C(=O)O)c1cccs1. The Kier molecular flexibility index (Phi) is 3.27. The van der Waals surface area contributed by atoms with Gasteiger partial charge in [-0.1, -0.05) is 0 Å². The summed E-state index contributed by atoms with van der Waals surface area (Å²) in [5, 5.41) is 11.5. The van der Waals surface area contributed by atoms with Crippen LogP contribution in [-0.4, -0.2) is 30.7 Å². The fourth-order valence-corrected chi connectivity index (χ4v) is 1.66. The van der Waals surface area contributed by atoms with E-state index in [2.05, 4.69) is 0 Å². The predicted molar refractivity (Wildman–Crippen MR) is 53.2 cm³/mol. The third-order valence-corrected chi connectivity index (χ3v) is 2.65. The summed E-state index contributed by atoms with van der Waals surface area (Å²) in [5.41, 5.74) is 5.39. The van der Waals surface area contributed by atoms with Crippen molar-refractivity contribution in [1.82, 2.24) is 0 Å². The molecule has 0 saturated heterocycles. The molecule has 0 bridgehead atoms. The number of hydrogen-bond donors (Lipinski definition) is 2. The topological polar surface area (TPSA) is 66.6 Å². The van der Waals surface area contributed by atoms with E-state index in [-0.39, 0.29) is 0 Å². The summed E-state index contributed by atoms with van der Waals surface area (Å²) in [7, 11) is 1.83. The van der Waals surface area contributed by atoms with E-state index in [4.69, 9.17) is 10.8 Å². The van der Waals surface area contributed by atoms with Gasteiger partial charge < -0.3 is 15.7 Å². The normalized spacial score (nSPS) is 12.5. The molecule has 1 unspecified atom stereocenters. The molecular weight excluding hydrogens is 188 g/mol. The van der Waals surface area contributed by atoms with Gasteiger partial charge in [-0.05, 0) is 17.5 Å². The largest absolute Gasteiger partial charge is 0.480 e. The molecular formula is C8H12N2O2S. The smallest absolute Gasteiger partial charge is 0.322 e. The van der Waals surface area contributed by atoms with E-state index in [0.29, 0.717) is 6.54 Å². The van der Waals surface area contributed by atoms with Crippen LogP contribution in [0.1, 0.15) is 0 Å². The van der Waals surface area contributed by atoms with Crippen LogP contribution in [0, 0.1) is 0 Å². The minimum Gasteiger partial charge on any atom is -0.480 e. The van der Waals surface area contributed by atoms with Crippen molar-refractivity contribution in [3.63, 3.8) is 0 Å². The summed E-state index contributed by atoms with van der Waals surface area (Å²) in [6.07, 6.45) is 0. The Morgan fingerprint density at radius 3 is 3.00 bits per heavy atom. The standard InChI is InChI=1S/C8H12N2O2S/c1-10(5-6(9)8(11)12)7-3-2-4-13-7/h2-4,6H,5,9H2,1H3,(H,11,12). The van der Waals surface area contributed by atoms with Gasteiger partial charge in [0, 0.05) is 13.6 Å². The number of likely N-dealkylation sites (N-methyl/N-ethyl adjacent to an activating group) is 1. The summed E-state index contributed by atoms with van der Waals surface area (Å²) in [6.45, 7) is 0.329. The zero-order valence-corrected chi connectivity index (χ0v) is 8.12. The molecule has 0 spiro atoms. The first-order valence-electron chi connectivity index (χ1n) is 3.84. The number of carbonyl (C=O) groups is 1. The van der Waals surface area contributed by atoms with Crippen molar-refractivity contribution in [1.29, 1.82) is 0 Å². The first kappa shape index (κ1) is 10.0. The summed E-state index contributed by atoms with van der Waals surface area (Å²) >= 11 is 1.56. The second-order valence-corrected chi connectivity index (χ2v) is 3.70. The number of nitrogens with zero attached hydrogens (tertiary/aromatic N) is 1. The molecule has 72 valence electrons. The molecule has 13 heavy (non-hydrogen) atoms. The Hall–Kier alpha value is -1.07. The molecule has 4 nitrogen and oxygen atoms in total. The molecule has 0 saturated carbocycles. The minimum atomic E-state index is -0.969. The lowest BCUT2D eigenvalue weighted by Crippen LogP contribution is -2.41. The zero-order valence-electron chi connectivity index (χ0n) is 7.30. The van der Waals surface area contributed by atoms with E-state index in [1.54, 1.807) is 11.3 Å². The van der Waals surface area contributed by atoms with Crippen LogP contribution >= 0.6 is 11.3 Å². The maximum Gasteiger partial charge on any atom is 0.322 e. The van der Waals surface area contributed by atoms with E-state index in [9.17, 15) is 4.79 Å². The van der Waals surface area contributed by atoms with E-state index in [1.807, 2.05) is 29.5 Å². The quantitative estimate of drug-likeness (QED) is 0.746. The molecule has 1 aromatic heterocycles. The van der Waals surface area contributed by atoms with Crippen LogP contribution in [0.4, 0.5) is 5.00 Å². The third-order valence-electron chi connectivity index (χ3n) is 1.67. The second-order valence-electron chi connectivity index (χ2n) is 2.78. The van der Waals surface area contributed by atoms with Crippen LogP contribution in [0.5, 0.6) is 0 Å². The van der Waals surface area contributed by atoms with Crippen molar-refractivity contribution in [3.05, 3.63) is 17.5 Å². The van der Waals surface area contributed by atoms with Crippen molar-refractivity contribution >= 4 is 22.3 Å². The number of nitrogens with two attached hydrogens (primary N) is 1. The molecule has 1 aromatic rings. The number of rotatable bonds is 4. The summed E-state index contributed by atoms with van der Waals surface area (Å²) in [5.74, 6) is -0.969. The fraction of sp³-hybridized carbons (Fsp3) is 0.375. The predicted octanol–water partition coefficient (Wildman–Crippen LogP) is 0.596. The highest BCUT2D eigenvalue weighted by atomic mass is 32.1. The molecule has 5 heteroatoms. The Labute approximate surface area is 80.6 Å². The fourth-order valence-electron chi connectivity index (χ4n) is 0.950. The molecule has 0 radical (unpaired) electrons. The van der Waals surface area contributed by atoms with Crippen LogP contribution in [0.3, 0.4) is 0 Å². The highest BCUT2D eigenvalue weighted by Crippen LogP contribution is 2.19. The molecule has 3 N–H and O–H groups in total. The maximum atomic E-state index is 10.5. The Morgan fingerprint density at radius 2 is 2.54 bits per heavy atom. The molecule has 0 fully saturated rings. The van der Waals surface area contributed by atoms with Gasteiger partial charge in [-0.15, -0.1) is 11.3 Å². The van der Waals surface area contributed by atoms with Crippen molar-refractivity contribution in [2.24, 2.45) is 5.73 Å². The number of carboxylic acids is 1. The van der Waals surface area contributed by atoms with Crippen molar-refractivity contribution in [2.75, 3.05) is 18.5 Å². The summed E-state index contributed by atoms with van der Waals surface area (Å²) in [6, 6.07) is 3.02. The average Bonchev–Trinajstić information content (AvgIpc) is 2.55. The third kappa shape index (κ3) is 2.71. The van der Waals surface area contributed by atoms with Crippen molar-refractivity contribution in [3.8, 4) is 0 Å². The lowest BCUT2D eigenvalue weighted by molar-refractivity contribution is -0.138. The number of hydrogen-bond acceptors (Lipinski definition) is 4. The monoisotopic (exact) mass is 200 g/mol. The molecule has 0 aliphatic heterocycles. The first-order valence-corrected chi connectivity index (χ1v) is 4.72. The molecule has 1 atom stereocenters. The Bertz CT molecular complexity index is 274. The van der Waals surface area contributed by atoms with Gasteiger partial charge in [0.15, 0.2) is 0 Å². The van der Waals surface area contributed by atoms with Gasteiger partial charge in [0.25, 0.3) is 0 Å². The molecule has 1 rings (SSSR count). The van der Waals surface area contributed by atoms with Crippen LogP contribution in [0.2, 0.25) is 0 Å². The summed E-state index contributed by atoms with van der Waals surface area (Å²) < 4.78 is 0. The minimum absolute atomic E-state index is 0.329. The van der Waals surface area contributed by atoms with E-state index in [1.165, 1.54) is 0 Å². The van der Waals surface area contributed by atoms with Crippen LogP contribution < -0.4 is 10.6 Å². The Balaban J connectivity index is 2.51. The van der Waals surface area contributed by atoms with Crippen LogP contribution in [0.25, 0.3) is 0 Å². The number of thiophene rings is 1. The van der Waals surface area contributed by atoms with Crippen molar-refractivity contribution < 1.29 is 9.90 Å². The maximum absolute atomic E-state index is 10.5. The highest BCUT2D eigenvalue weighted by Gasteiger charge is 2.14. The molecule has 0 aliphatic rings.